The summed E-state index contributed by atoms with van der Waals surface area (Å²) < 4.78 is 46.5. The molecule has 0 saturated heterocycles. The lowest BCUT2D eigenvalue weighted by Gasteiger charge is -2.17. The molecule has 1 aliphatic carbocycles. The number of rotatable bonds is 9. The molecule has 3 rings (SSSR count). The SMILES string of the molecule is C[C@@H]1CC=CC=C1C(=O)c1cnc(-c2ccccc2)nc1COCCOCC(F)(F)F. The quantitative estimate of drug-likeness (QED) is 0.415. The summed E-state index contributed by atoms with van der Waals surface area (Å²) in [6, 6.07) is 9.28. The van der Waals surface area contributed by atoms with Crippen molar-refractivity contribution in [3.8, 4) is 11.4 Å². The fourth-order valence-corrected chi connectivity index (χ4v) is 3.12. The topological polar surface area (TPSA) is 61.3 Å². The smallest absolute Gasteiger partial charge is 0.373 e. The third-order valence-corrected chi connectivity index (χ3v) is 4.72. The first kappa shape index (κ1) is 22.8. The van der Waals surface area contributed by atoms with E-state index in [1.54, 1.807) is 6.08 Å². The zero-order chi connectivity index (χ0) is 22.3. The Morgan fingerprint density at radius 2 is 1.90 bits per heavy atom. The molecule has 0 aliphatic heterocycles. The van der Waals surface area contributed by atoms with Crippen LogP contribution in [-0.2, 0) is 16.1 Å². The van der Waals surface area contributed by atoms with Crippen LogP contribution in [0, 0.1) is 5.92 Å². The highest BCUT2D eigenvalue weighted by Gasteiger charge is 2.27. The summed E-state index contributed by atoms with van der Waals surface area (Å²) in [4.78, 5) is 22.0. The molecule has 0 saturated carbocycles. The van der Waals surface area contributed by atoms with Crippen LogP contribution in [0.3, 0.4) is 0 Å². The van der Waals surface area contributed by atoms with E-state index in [2.05, 4.69) is 14.7 Å². The number of aromatic nitrogens is 2. The predicted octanol–water partition coefficient (Wildman–Crippen LogP) is 4.94. The number of carbonyl (C=O) groups excluding carboxylic acids is 1. The molecule has 1 aromatic carbocycles. The second-order valence-corrected chi connectivity index (χ2v) is 7.16. The van der Waals surface area contributed by atoms with Gasteiger partial charge in [0.2, 0.25) is 0 Å². The summed E-state index contributed by atoms with van der Waals surface area (Å²) in [7, 11) is 0. The third kappa shape index (κ3) is 6.57. The predicted molar refractivity (Wildman–Crippen MR) is 109 cm³/mol. The number of allylic oxidation sites excluding steroid dienone is 4. The van der Waals surface area contributed by atoms with Crippen LogP contribution in [0.5, 0.6) is 0 Å². The van der Waals surface area contributed by atoms with Gasteiger partial charge in [-0.1, -0.05) is 55.5 Å². The van der Waals surface area contributed by atoms with Crippen LogP contribution in [0.4, 0.5) is 13.2 Å². The van der Waals surface area contributed by atoms with E-state index in [9.17, 15) is 18.0 Å². The van der Waals surface area contributed by atoms with Gasteiger partial charge in [0.05, 0.1) is 31.1 Å². The van der Waals surface area contributed by atoms with Crippen LogP contribution >= 0.6 is 0 Å². The monoisotopic (exact) mass is 432 g/mol. The first-order valence-electron chi connectivity index (χ1n) is 9.90. The van der Waals surface area contributed by atoms with Gasteiger partial charge in [-0.15, -0.1) is 0 Å². The van der Waals surface area contributed by atoms with Crippen LogP contribution in [0.2, 0.25) is 0 Å². The Balaban J connectivity index is 1.77. The Labute approximate surface area is 178 Å². The fourth-order valence-electron chi connectivity index (χ4n) is 3.12. The molecular weight excluding hydrogens is 409 g/mol. The van der Waals surface area contributed by atoms with Crippen LogP contribution in [-0.4, -0.2) is 41.7 Å². The van der Waals surface area contributed by atoms with Gasteiger partial charge >= 0.3 is 6.18 Å². The maximum atomic E-state index is 13.1. The van der Waals surface area contributed by atoms with Crippen LogP contribution in [0.15, 0.2) is 60.3 Å². The van der Waals surface area contributed by atoms with Crippen molar-refractivity contribution in [1.29, 1.82) is 0 Å². The van der Waals surface area contributed by atoms with Gasteiger partial charge in [0, 0.05) is 17.3 Å². The summed E-state index contributed by atoms with van der Waals surface area (Å²) in [6.45, 7) is 0.324. The van der Waals surface area contributed by atoms with E-state index in [1.807, 2.05) is 49.4 Å². The van der Waals surface area contributed by atoms with Gasteiger partial charge in [-0.05, 0) is 12.3 Å². The maximum Gasteiger partial charge on any atom is 0.411 e. The number of hydrogen-bond acceptors (Lipinski definition) is 5. The number of benzene rings is 1. The van der Waals surface area contributed by atoms with Crippen molar-refractivity contribution < 1.29 is 27.4 Å². The van der Waals surface area contributed by atoms with E-state index in [1.165, 1.54) is 6.20 Å². The lowest BCUT2D eigenvalue weighted by Crippen LogP contribution is -2.19. The molecule has 0 amide bonds. The summed E-state index contributed by atoms with van der Waals surface area (Å²) in [6.07, 6.45) is 3.51. The maximum absolute atomic E-state index is 13.1. The molecule has 0 fully saturated rings. The molecule has 1 atom stereocenters. The Bertz CT molecular complexity index is 956. The fraction of sp³-hybridized carbons (Fsp3) is 0.348. The van der Waals surface area contributed by atoms with E-state index in [4.69, 9.17) is 4.74 Å². The number of ketones is 1. The summed E-state index contributed by atoms with van der Waals surface area (Å²) in [5.74, 6) is 0.328. The standard InChI is InChI=1S/C23H23F3N2O3/c1-16-7-5-6-10-18(16)21(29)19-13-27-22(17-8-3-2-4-9-17)28-20(19)14-30-11-12-31-15-23(24,25)26/h2-6,8-10,13,16H,7,11-12,14-15H2,1H3/t16-/m1/s1. The molecule has 5 nitrogen and oxygen atoms in total. The van der Waals surface area contributed by atoms with Gasteiger partial charge in [-0.25, -0.2) is 9.97 Å². The average Bonchev–Trinajstić information content (AvgIpc) is 2.76. The minimum absolute atomic E-state index is 0.0453. The highest BCUT2D eigenvalue weighted by atomic mass is 19.4. The van der Waals surface area contributed by atoms with Gasteiger partial charge in [0.15, 0.2) is 11.6 Å². The highest BCUT2D eigenvalue weighted by Crippen LogP contribution is 2.26. The molecule has 0 unspecified atom stereocenters. The number of carbonyl (C=O) groups is 1. The first-order valence-corrected chi connectivity index (χ1v) is 9.90. The Hall–Kier alpha value is -2.84. The highest BCUT2D eigenvalue weighted by molar-refractivity contribution is 6.09. The van der Waals surface area contributed by atoms with Crippen molar-refractivity contribution in [2.75, 3.05) is 19.8 Å². The van der Waals surface area contributed by atoms with E-state index in [0.29, 0.717) is 22.7 Å². The van der Waals surface area contributed by atoms with Gasteiger partial charge in [0.1, 0.15) is 6.61 Å². The normalized spacial score (nSPS) is 16.3. The molecule has 164 valence electrons. The number of nitrogens with zero attached hydrogens (tertiary/aromatic N) is 2. The van der Waals surface area contributed by atoms with Gasteiger partial charge in [-0.3, -0.25) is 4.79 Å². The van der Waals surface area contributed by atoms with Crippen molar-refractivity contribution >= 4 is 5.78 Å². The minimum Gasteiger partial charge on any atom is -0.373 e. The average molecular weight is 432 g/mol. The van der Waals surface area contributed by atoms with E-state index >= 15 is 0 Å². The molecule has 1 aliphatic rings. The van der Waals surface area contributed by atoms with Crippen molar-refractivity contribution in [2.45, 2.75) is 26.1 Å². The Kier molecular flexibility index (Phi) is 7.70. The molecule has 1 heterocycles. The van der Waals surface area contributed by atoms with Crippen molar-refractivity contribution in [3.63, 3.8) is 0 Å². The zero-order valence-electron chi connectivity index (χ0n) is 17.1. The zero-order valence-corrected chi connectivity index (χ0v) is 17.1. The number of alkyl halides is 3. The minimum atomic E-state index is -4.38. The third-order valence-electron chi connectivity index (χ3n) is 4.72. The summed E-state index contributed by atoms with van der Waals surface area (Å²) in [5, 5.41) is 0. The second-order valence-electron chi connectivity index (χ2n) is 7.16. The number of hydrogen-bond donors (Lipinski definition) is 0. The van der Waals surface area contributed by atoms with Crippen molar-refractivity contribution in [3.05, 3.63) is 71.6 Å². The summed E-state index contributed by atoms with van der Waals surface area (Å²) >= 11 is 0. The largest absolute Gasteiger partial charge is 0.411 e. The van der Waals surface area contributed by atoms with Crippen LogP contribution < -0.4 is 0 Å². The summed E-state index contributed by atoms with van der Waals surface area (Å²) in [5.41, 5.74) is 2.15. The van der Waals surface area contributed by atoms with Gasteiger partial charge in [0.25, 0.3) is 0 Å². The molecular formula is C23H23F3N2O3. The molecule has 0 spiro atoms. The Morgan fingerprint density at radius 3 is 2.61 bits per heavy atom. The molecule has 0 bridgehead atoms. The first-order chi connectivity index (χ1) is 14.8. The van der Waals surface area contributed by atoms with Crippen LogP contribution in [0.25, 0.3) is 11.4 Å². The van der Waals surface area contributed by atoms with E-state index in [-0.39, 0.29) is 31.5 Å². The van der Waals surface area contributed by atoms with Gasteiger partial charge < -0.3 is 9.47 Å². The lowest BCUT2D eigenvalue weighted by molar-refractivity contribution is -0.176. The van der Waals surface area contributed by atoms with E-state index in [0.717, 1.165) is 12.0 Å². The number of Topliss-reactive ketones (excluding diaryl/α,β-unsaturated/α-hetero) is 1. The molecule has 31 heavy (non-hydrogen) atoms. The number of ether oxygens (including phenoxy) is 2. The molecule has 8 heteroatoms. The van der Waals surface area contributed by atoms with Gasteiger partial charge in [-0.2, -0.15) is 13.2 Å². The Morgan fingerprint density at radius 1 is 1.16 bits per heavy atom. The lowest BCUT2D eigenvalue weighted by atomic mass is 9.87. The van der Waals surface area contributed by atoms with Crippen molar-refractivity contribution in [1.82, 2.24) is 9.97 Å². The molecule has 1 aromatic heterocycles. The molecule has 0 N–H and O–H groups in total. The second kappa shape index (κ2) is 10.5. The molecule has 0 radical (unpaired) electrons. The van der Waals surface area contributed by atoms with Crippen molar-refractivity contribution in [2.24, 2.45) is 5.92 Å². The molecule has 2 aromatic rings. The van der Waals surface area contributed by atoms with Crippen LogP contribution in [0.1, 0.15) is 29.4 Å². The van der Waals surface area contributed by atoms with E-state index < -0.39 is 12.8 Å². The number of halogens is 3.